The lowest BCUT2D eigenvalue weighted by Gasteiger charge is -2.10. The van der Waals surface area contributed by atoms with Gasteiger partial charge in [-0.1, -0.05) is 12.1 Å². The van der Waals surface area contributed by atoms with E-state index in [4.69, 9.17) is 5.14 Å². The first-order valence-electron chi connectivity index (χ1n) is 8.17. The molecule has 8 nitrogen and oxygen atoms in total. The zero-order valence-electron chi connectivity index (χ0n) is 15.0. The van der Waals surface area contributed by atoms with E-state index in [-0.39, 0.29) is 16.8 Å². The van der Waals surface area contributed by atoms with Gasteiger partial charge in [0.05, 0.1) is 4.90 Å². The summed E-state index contributed by atoms with van der Waals surface area (Å²) in [6, 6.07) is 8.02. The second kappa shape index (κ2) is 8.24. The van der Waals surface area contributed by atoms with Crippen molar-refractivity contribution in [2.75, 3.05) is 11.9 Å². The summed E-state index contributed by atoms with van der Waals surface area (Å²) in [5.74, 6) is 0.132. The predicted octanol–water partition coefficient (Wildman–Crippen LogP) is 1.23. The molecule has 0 unspecified atom stereocenters. The average Bonchev–Trinajstić information content (AvgIpc) is 2.53. The minimum Gasteiger partial charge on any atom is -0.354 e. The van der Waals surface area contributed by atoms with Gasteiger partial charge in [0.25, 0.3) is 5.91 Å². The highest BCUT2D eigenvalue weighted by Crippen LogP contribution is 2.10. The molecule has 0 atom stereocenters. The molecule has 0 aliphatic carbocycles. The van der Waals surface area contributed by atoms with Crippen molar-refractivity contribution in [2.45, 2.75) is 38.1 Å². The number of aromatic nitrogens is 2. The van der Waals surface area contributed by atoms with Crippen molar-refractivity contribution in [3.05, 3.63) is 47.3 Å². The Hall–Kier alpha value is -2.52. The van der Waals surface area contributed by atoms with Crippen LogP contribution in [-0.2, 0) is 16.4 Å². The van der Waals surface area contributed by atoms with E-state index in [1.165, 1.54) is 12.1 Å². The number of rotatable bonds is 7. The summed E-state index contributed by atoms with van der Waals surface area (Å²) < 4.78 is 22.5. The number of aryl methyl sites for hydroxylation is 1. The molecular weight excluding hydrogens is 354 g/mol. The number of benzene rings is 1. The third-order valence-electron chi connectivity index (χ3n) is 3.46. The number of amides is 1. The second-order valence-corrected chi connectivity index (χ2v) is 7.77. The molecule has 0 aliphatic heterocycles. The monoisotopic (exact) mass is 377 g/mol. The largest absolute Gasteiger partial charge is 0.354 e. The molecule has 0 saturated carbocycles. The number of anilines is 1. The highest BCUT2D eigenvalue weighted by molar-refractivity contribution is 7.89. The smallest absolute Gasteiger partial charge is 0.270 e. The minimum atomic E-state index is -3.68. The lowest BCUT2D eigenvalue weighted by Crippen LogP contribution is -2.31. The van der Waals surface area contributed by atoms with Gasteiger partial charge < -0.3 is 10.6 Å². The van der Waals surface area contributed by atoms with Gasteiger partial charge in [-0.05, 0) is 51.0 Å². The van der Waals surface area contributed by atoms with Crippen LogP contribution in [0.25, 0.3) is 0 Å². The lowest BCUT2D eigenvalue weighted by molar-refractivity contribution is 0.0938. The van der Waals surface area contributed by atoms with Crippen LogP contribution in [0.15, 0.2) is 35.2 Å². The maximum absolute atomic E-state index is 12.1. The second-order valence-electron chi connectivity index (χ2n) is 6.21. The Morgan fingerprint density at radius 1 is 1.19 bits per heavy atom. The van der Waals surface area contributed by atoms with Gasteiger partial charge in [0.1, 0.15) is 5.69 Å². The van der Waals surface area contributed by atoms with Crippen molar-refractivity contribution in [3.63, 3.8) is 0 Å². The maximum atomic E-state index is 12.1. The molecular formula is C17H23N5O3S. The molecule has 0 aliphatic rings. The highest BCUT2D eigenvalue weighted by atomic mass is 32.2. The van der Waals surface area contributed by atoms with Gasteiger partial charge in [-0.3, -0.25) is 4.79 Å². The molecule has 1 heterocycles. The van der Waals surface area contributed by atoms with E-state index in [2.05, 4.69) is 20.6 Å². The summed E-state index contributed by atoms with van der Waals surface area (Å²) in [5, 5.41) is 11.0. The normalized spacial score (nSPS) is 11.4. The third-order valence-corrected chi connectivity index (χ3v) is 4.38. The lowest BCUT2D eigenvalue weighted by atomic mass is 10.1. The first-order valence-corrected chi connectivity index (χ1v) is 9.72. The van der Waals surface area contributed by atoms with Crippen molar-refractivity contribution in [3.8, 4) is 0 Å². The number of sulfonamides is 1. The molecule has 9 heteroatoms. The van der Waals surface area contributed by atoms with Crippen molar-refractivity contribution in [1.29, 1.82) is 0 Å². The van der Waals surface area contributed by atoms with Gasteiger partial charge in [0.2, 0.25) is 16.0 Å². The molecule has 140 valence electrons. The first-order chi connectivity index (χ1) is 12.1. The van der Waals surface area contributed by atoms with Gasteiger partial charge in [-0.25, -0.2) is 23.5 Å². The number of carbonyl (C=O) groups is 1. The van der Waals surface area contributed by atoms with E-state index in [9.17, 15) is 13.2 Å². The summed E-state index contributed by atoms with van der Waals surface area (Å²) in [5.41, 5.74) is 1.94. The van der Waals surface area contributed by atoms with Crippen LogP contribution in [0.1, 0.15) is 35.6 Å². The van der Waals surface area contributed by atoms with Crippen molar-refractivity contribution < 1.29 is 13.2 Å². The van der Waals surface area contributed by atoms with Gasteiger partial charge in [-0.15, -0.1) is 0 Å². The molecule has 0 bridgehead atoms. The van der Waals surface area contributed by atoms with E-state index in [0.29, 0.717) is 30.3 Å². The van der Waals surface area contributed by atoms with E-state index < -0.39 is 10.0 Å². The van der Waals surface area contributed by atoms with E-state index in [1.54, 1.807) is 25.1 Å². The fraction of sp³-hybridized carbons (Fsp3) is 0.353. The summed E-state index contributed by atoms with van der Waals surface area (Å²) in [6.07, 6.45) is 0.635. The number of carbonyl (C=O) groups excluding carboxylic acids is 1. The Morgan fingerprint density at radius 3 is 2.42 bits per heavy atom. The molecule has 2 aromatic rings. The third kappa shape index (κ3) is 5.78. The first kappa shape index (κ1) is 19.8. The Kier molecular flexibility index (Phi) is 6.27. The topological polar surface area (TPSA) is 127 Å². The Labute approximate surface area is 153 Å². The van der Waals surface area contributed by atoms with Crippen LogP contribution in [0.5, 0.6) is 0 Å². The fourth-order valence-corrected chi connectivity index (χ4v) is 2.78. The molecule has 0 radical (unpaired) electrons. The quantitative estimate of drug-likeness (QED) is 0.666. The van der Waals surface area contributed by atoms with Gasteiger partial charge in [0, 0.05) is 18.3 Å². The van der Waals surface area contributed by atoms with Gasteiger partial charge in [-0.2, -0.15) is 0 Å². The zero-order chi connectivity index (χ0) is 19.3. The average molecular weight is 377 g/mol. The zero-order valence-corrected chi connectivity index (χ0v) is 15.8. The molecule has 2 rings (SSSR count). The molecule has 1 aromatic carbocycles. The Morgan fingerprint density at radius 2 is 1.85 bits per heavy atom. The SMILES string of the molecule is Cc1cc(C(=O)NC(C)C)nc(NCCc2ccc(S(N)(=O)=O)cc2)n1. The minimum absolute atomic E-state index is 0.0227. The standard InChI is InChI=1S/C17H23N5O3S/c1-11(2)20-16(23)15-10-12(3)21-17(22-15)19-9-8-13-4-6-14(7-5-13)26(18,24)25/h4-7,10-11H,8-9H2,1-3H3,(H,20,23)(H2,18,24,25)(H,19,21,22). The summed E-state index contributed by atoms with van der Waals surface area (Å²) in [7, 11) is -3.68. The fourth-order valence-electron chi connectivity index (χ4n) is 2.26. The number of nitrogens with one attached hydrogen (secondary N) is 2. The molecule has 1 amide bonds. The van der Waals surface area contributed by atoms with Crippen LogP contribution in [-0.4, -0.2) is 36.9 Å². The van der Waals surface area contributed by atoms with Crippen LogP contribution >= 0.6 is 0 Å². The molecule has 4 N–H and O–H groups in total. The molecule has 0 spiro atoms. The number of primary sulfonamides is 1. The van der Waals surface area contributed by atoms with Crippen LogP contribution in [0.2, 0.25) is 0 Å². The van der Waals surface area contributed by atoms with Crippen LogP contribution < -0.4 is 15.8 Å². The van der Waals surface area contributed by atoms with Crippen molar-refractivity contribution >= 4 is 21.9 Å². The summed E-state index contributed by atoms with van der Waals surface area (Å²) >= 11 is 0. The van der Waals surface area contributed by atoms with Crippen molar-refractivity contribution in [2.24, 2.45) is 5.14 Å². The Balaban J connectivity index is 1.99. The molecule has 0 saturated heterocycles. The van der Waals surface area contributed by atoms with Crippen molar-refractivity contribution in [1.82, 2.24) is 15.3 Å². The predicted molar refractivity (Wildman–Crippen MR) is 99.4 cm³/mol. The van der Waals surface area contributed by atoms with Crippen LogP contribution in [0.3, 0.4) is 0 Å². The molecule has 26 heavy (non-hydrogen) atoms. The highest BCUT2D eigenvalue weighted by Gasteiger charge is 2.11. The number of hydrogen-bond donors (Lipinski definition) is 3. The number of nitrogens with zero attached hydrogens (tertiary/aromatic N) is 2. The Bertz CT molecular complexity index is 880. The van der Waals surface area contributed by atoms with Crippen LogP contribution in [0, 0.1) is 6.92 Å². The molecule has 0 fully saturated rings. The van der Waals surface area contributed by atoms with Gasteiger partial charge in [0.15, 0.2) is 0 Å². The number of hydrogen-bond acceptors (Lipinski definition) is 6. The summed E-state index contributed by atoms with van der Waals surface area (Å²) in [6.45, 7) is 6.09. The van der Waals surface area contributed by atoms with E-state index >= 15 is 0 Å². The number of nitrogens with two attached hydrogens (primary N) is 1. The van der Waals surface area contributed by atoms with E-state index in [1.807, 2.05) is 13.8 Å². The maximum Gasteiger partial charge on any atom is 0.270 e. The van der Waals surface area contributed by atoms with Crippen LogP contribution in [0.4, 0.5) is 5.95 Å². The van der Waals surface area contributed by atoms with E-state index in [0.717, 1.165) is 5.56 Å². The summed E-state index contributed by atoms with van der Waals surface area (Å²) in [4.78, 5) is 20.7. The van der Waals surface area contributed by atoms with Gasteiger partial charge >= 0.3 is 0 Å². The molecule has 1 aromatic heterocycles.